The normalized spacial score (nSPS) is 23.4. The van der Waals surface area contributed by atoms with Crippen molar-refractivity contribution in [3.63, 3.8) is 0 Å². The second kappa shape index (κ2) is 4.00. The Bertz CT molecular complexity index is 533. The Morgan fingerprint density at radius 2 is 2.12 bits per heavy atom. The van der Waals surface area contributed by atoms with Gasteiger partial charge < -0.3 is 5.11 Å². The molecule has 2 N–H and O–H groups in total. The van der Waals surface area contributed by atoms with Gasteiger partial charge in [-0.1, -0.05) is 24.3 Å². The zero-order valence-corrected chi connectivity index (χ0v) is 9.85. The van der Waals surface area contributed by atoms with Crippen molar-refractivity contribution in [2.45, 2.75) is 31.8 Å². The molecule has 0 spiro atoms. The van der Waals surface area contributed by atoms with E-state index in [-0.39, 0.29) is 6.10 Å². The third-order valence-electron chi connectivity index (χ3n) is 3.70. The number of aromatic nitrogens is 2. The van der Waals surface area contributed by atoms with E-state index in [0.29, 0.717) is 5.92 Å². The van der Waals surface area contributed by atoms with Gasteiger partial charge in [0.05, 0.1) is 12.3 Å². The van der Waals surface area contributed by atoms with E-state index < -0.39 is 0 Å². The minimum absolute atomic E-state index is 0.387. The number of aliphatic hydroxyl groups excluding tert-OH is 1. The molecule has 88 valence electrons. The molecule has 0 aliphatic heterocycles. The number of hydrogen-bond acceptors (Lipinski definition) is 2. The zero-order valence-electron chi connectivity index (χ0n) is 9.85. The van der Waals surface area contributed by atoms with Gasteiger partial charge in [-0.25, -0.2) is 0 Å². The van der Waals surface area contributed by atoms with E-state index in [9.17, 15) is 5.11 Å². The van der Waals surface area contributed by atoms with E-state index in [1.807, 2.05) is 0 Å². The second-order valence-corrected chi connectivity index (χ2v) is 4.81. The van der Waals surface area contributed by atoms with Crippen LogP contribution in [0.25, 0.3) is 0 Å². The Labute approximate surface area is 100 Å². The van der Waals surface area contributed by atoms with Crippen molar-refractivity contribution in [2.75, 3.05) is 0 Å². The highest BCUT2D eigenvalue weighted by molar-refractivity contribution is 5.34. The van der Waals surface area contributed by atoms with Crippen LogP contribution in [0, 0.1) is 6.92 Å². The average molecular weight is 228 g/mol. The predicted octanol–water partition coefficient (Wildman–Crippen LogP) is 2.48. The first-order valence-corrected chi connectivity index (χ1v) is 6.01. The maximum Gasteiger partial charge on any atom is 0.0829 e. The summed E-state index contributed by atoms with van der Waals surface area (Å²) in [5.74, 6) is 0.388. The molecule has 17 heavy (non-hydrogen) atoms. The lowest BCUT2D eigenvalue weighted by atomic mass is 9.80. The van der Waals surface area contributed by atoms with Crippen molar-refractivity contribution in [1.29, 1.82) is 0 Å². The van der Waals surface area contributed by atoms with E-state index in [2.05, 4.69) is 41.4 Å². The summed E-state index contributed by atoms with van der Waals surface area (Å²) in [7, 11) is 0. The molecule has 2 atom stereocenters. The van der Waals surface area contributed by atoms with Gasteiger partial charge in [0.15, 0.2) is 0 Å². The number of nitrogens with one attached hydrogen (secondary N) is 1. The third-order valence-corrected chi connectivity index (χ3v) is 3.70. The summed E-state index contributed by atoms with van der Waals surface area (Å²) in [6.45, 7) is 2.13. The Kier molecular flexibility index (Phi) is 2.48. The van der Waals surface area contributed by atoms with Crippen LogP contribution in [-0.2, 0) is 6.42 Å². The number of hydrogen-bond donors (Lipinski definition) is 2. The first-order valence-electron chi connectivity index (χ1n) is 6.01. The smallest absolute Gasteiger partial charge is 0.0829 e. The molecule has 2 unspecified atom stereocenters. The van der Waals surface area contributed by atoms with Gasteiger partial charge >= 0.3 is 0 Å². The molecule has 1 aliphatic carbocycles. The SMILES string of the molecule is Cc1ccccc1C1Cc2[nH]ncc2C(O)C1. The summed E-state index contributed by atoms with van der Waals surface area (Å²) in [6.07, 6.45) is 3.09. The highest BCUT2D eigenvalue weighted by Gasteiger charge is 2.28. The fourth-order valence-corrected chi connectivity index (χ4v) is 2.78. The highest BCUT2D eigenvalue weighted by Crippen LogP contribution is 2.38. The van der Waals surface area contributed by atoms with E-state index in [1.165, 1.54) is 11.1 Å². The predicted molar refractivity (Wildman–Crippen MR) is 65.8 cm³/mol. The van der Waals surface area contributed by atoms with Crippen molar-refractivity contribution < 1.29 is 5.11 Å². The van der Waals surface area contributed by atoms with Gasteiger partial charge in [0, 0.05) is 11.3 Å². The zero-order chi connectivity index (χ0) is 11.8. The lowest BCUT2D eigenvalue weighted by molar-refractivity contribution is 0.147. The summed E-state index contributed by atoms with van der Waals surface area (Å²) >= 11 is 0. The van der Waals surface area contributed by atoms with Crippen molar-refractivity contribution in [3.05, 3.63) is 52.8 Å². The number of aromatic amines is 1. The molecule has 3 nitrogen and oxygen atoms in total. The summed E-state index contributed by atoms with van der Waals surface area (Å²) in [4.78, 5) is 0. The van der Waals surface area contributed by atoms with Gasteiger partial charge in [-0.05, 0) is 36.8 Å². The number of benzene rings is 1. The second-order valence-electron chi connectivity index (χ2n) is 4.81. The highest BCUT2D eigenvalue weighted by atomic mass is 16.3. The summed E-state index contributed by atoms with van der Waals surface area (Å²) < 4.78 is 0. The molecule has 0 saturated carbocycles. The fourth-order valence-electron chi connectivity index (χ4n) is 2.78. The van der Waals surface area contributed by atoms with E-state index in [0.717, 1.165) is 24.1 Å². The lowest BCUT2D eigenvalue weighted by Gasteiger charge is -2.27. The molecule has 0 radical (unpaired) electrons. The van der Waals surface area contributed by atoms with E-state index in [4.69, 9.17) is 0 Å². The molecule has 1 aromatic carbocycles. The number of H-pyrrole nitrogens is 1. The van der Waals surface area contributed by atoms with Gasteiger partial charge in [0.1, 0.15) is 0 Å². The largest absolute Gasteiger partial charge is 0.388 e. The van der Waals surface area contributed by atoms with Crippen LogP contribution in [0.5, 0.6) is 0 Å². The Balaban J connectivity index is 1.96. The van der Waals surface area contributed by atoms with Crippen molar-refractivity contribution >= 4 is 0 Å². The number of rotatable bonds is 1. The molecule has 0 bridgehead atoms. The molecule has 1 heterocycles. The van der Waals surface area contributed by atoms with Gasteiger partial charge in [-0.3, -0.25) is 5.10 Å². The molecule has 0 saturated heterocycles. The Hall–Kier alpha value is -1.61. The van der Waals surface area contributed by atoms with E-state index >= 15 is 0 Å². The lowest BCUT2D eigenvalue weighted by Crippen LogP contribution is -2.17. The average Bonchev–Trinajstić information content (AvgIpc) is 2.78. The van der Waals surface area contributed by atoms with Crippen LogP contribution >= 0.6 is 0 Å². The minimum atomic E-state index is -0.387. The number of nitrogens with zero attached hydrogens (tertiary/aromatic N) is 1. The summed E-state index contributed by atoms with van der Waals surface area (Å²) in [6, 6.07) is 8.41. The van der Waals surface area contributed by atoms with Crippen LogP contribution in [-0.4, -0.2) is 15.3 Å². The molecule has 2 aromatic rings. The van der Waals surface area contributed by atoms with Gasteiger partial charge in [-0.2, -0.15) is 5.10 Å². The number of aryl methyl sites for hydroxylation is 1. The molecule has 0 fully saturated rings. The topological polar surface area (TPSA) is 48.9 Å². The number of aliphatic hydroxyl groups is 1. The fraction of sp³-hybridized carbons (Fsp3) is 0.357. The van der Waals surface area contributed by atoms with Crippen LogP contribution in [0.15, 0.2) is 30.5 Å². The molecule has 0 amide bonds. The first-order chi connectivity index (χ1) is 8.25. The van der Waals surface area contributed by atoms with Crippen molar-refractivity contribution in [1.82, 2.24) is 10.2 Å². The van der Waals surface area contributed by atoms with Crippen molar-refractivity contribution in [3.8, 4) is 0 Å². The van der Waals surface area contributed by atoms with Crippen LogP contribution in [0.1, 0.15) is 40.8 Å². The third kappa shape index (κ3) is 1.76. The Morgan fingerprint density at radius 1 is 1.29 bits per heavy atom. The van der Waals surface area contributed by atoms with Crippen molar-refractivity contribution in [2.24, 2.45) is 0 Å². The molecule has 3 rings (SSSR count). The van der Waals surface area contributed by atoms with Gasteiger partial charge in [-0.15, -0.1) is 0 Å². The van der Waals surface area contributed by atoms with Gasteiger partial charge in [0.25, 0.3) is 0 Å². The monoisotopic (exact) mass is 228 g/mol. The standard InChI is InChI=1S/C14H16N2O/c1-9-4-2-3-5-11(9)10-6-13-12(8-15-16-13)14(17)7-10/h2-5,8,10,14,17H,6-7H2,1H3,(H,15,16). The quantitative estimate of drug-likeness (QED) is 0.787. The minimum Gasteiger partial charge on any atom is -0.388 e. The molecular weight excluding hydrogens is 212 g/mol. The van der Waals surface area contributed by atoms with Crippen LogP contribution in [0.3, 0.4) is 0 Å². The van der Waals surface area contributed by atoms with Crippen LogP contribution in [0.2, 0.25) is 0 Å². The Morgan fingerprint density at radius 3 is 2.94 bits per heavy atom. The summed E-state index contributed by atoms with van der Waals surface area (Å²) in [5.41, 5.74) is 4.69. The van der Waals surface area contributed by atoms with Crippen LogP contribution < -0.4 is 0 Å². The first kappa shape index (κ1) is 10.5. The molecule has 3 heteroatoms. The molecule has 1 aliphatic rings. The number of fused-ring (bicyclic) bond motifs is 1. The molecular formula is C14H16N2O. The summed E-state index contributed by atoms with van der Waals surface area (Å²) in [5, 5.41) is 17.1. The van der Waals surface area contributed by atoms with Gasteiger partial charge in [0.2, 0.25) is 0 Å². The maximum absolute atomic E-state index is 10.1. The van der Waals surface area contributed by atoms with E-state index in [1.54, 1.807) is 6.20 Å². The maximum atomic E-state index is 10.1. The molecule has 1 aromatic heterocycles. The van der Waals surface area contributed by atoms with Crippen LogP contribution in [0.4, 0.5) is 0 Å².